The van der Waals surface area contributed by atoms with Crippen LogP contribution in [-0.2, 0) is 0 Å². The molecule has 0 saturated carbocycles. The Kier molecular flexibility index (Phi) is 3.33. The first-order chi connectivity index (χ1) is 6.57. The predicted molar refractivity (Wildman–Crippen MR) is 53.1 cm³/mol. The molecule has 4 heteroatoms. The second kappa shape index (κ2) is 4.30. The Balaban J connectivity index is 3.04. The Morgan fingerprint density at radius 3 is 2.57 bits per heavy atom. The lowest BCUT2D eigenvalue weighted by Gasteiger charge is -2.14. The number of rotatable bonds is 3. The summed E-state index contributed by atoms with van der Waals surface area (Å²) >= 11 is 0. The van der Waals surface area contributed by atoms with Crippen LogP contribution in [0.15, 0.2) is 12.1 Å². The van der Waals surface area contributed by atoms with Gasteiger partial charge in [0.2, 0.25) is 0 Å². The summed E-state index contributed by atoms with van der Waals surface area (Å²) in [5, 5.41) is 27.6. The van der Waals surface area contributed by atoms with Crippen LogP contribution in [-0.4, -0.2) is 21.9 Å². The van der Waals surface area contributed by atoms with E-state index in [0.717, 1.165) is 0 Å². The van der Waals surface area contributed by atoms with Crippen molar-refractivity contribution in [1.29, 1.82) is 0 Å². The summed E-state index contributed by atoms with van der Waals surface area (Å²) in [6.07, 6.45) is 0.387. The van der Waals surface area contributed by atoms with Crippen molar-refractivity contribution in [2.24, 2.45) is 5.73 Å². The highest BCUT2D eigenvalue weighted by Gasteiger charge is 2.13. The summed E-state index contributed by atoms with van der Waals surface area (Å²) in [5.74, 6) is 0.0494. The Morgan fingerprint density at radius 1 is 1.36 bits per heavy atom. The molecular weight excluding hydrogens is 182 g/mol. The van der Waals surface area contributed by atoms with E-state index in [1.54, 1.807) is 13.0 Å². The maximum absolute atomic E-state index is 9.65. The van der Waals surface area contributed by atoms with Crippen molar-refractivity contribution < 1.29 is 15.3 Å². The molecule has 0 aromatic heterocycles. The fourth-order valence-electron chi connectivity index (χ4n) is 1.30. The summed E-state index contributed by atoms with van der Waals surface area (Å²) in [6.45, 7) is 1.58. The van der Waals surface area contributed by atoms with E-state index in [2.05, 4.69) is 0 Å². The zero-order chi connectivity index (χ0) is 10.7. The first kappa shape index (κ1) is 10.8. The molecule has 0 saturated heterocycles. The molecule has 0 spiro atoms. The lowest BCUT2D eigenvalue weighted by molar-refractivity contribution is 0.275. The Morgan fingerprint density at radius 2 is 2.00 bits per heavy atom. The zero-order valence-electron chi connectivity index (χ0n) is 8.07. The van der Waals surface area contributed by atoms with Crippen molar-refractivity contribution in [3.05, 3.63) is 23.3 Å². The SMILES string of the molecule is Cc1c(O)ccc([C@H](N)CCO)c1O. The van der Waals surface area contributed by atoms with Crippen LogP contribution in [0.2, 0.25) is 0 Å². The minimum atomic E-state index is -0.403. The van der Waals surface area contributed by atoms with Crippen molar-refractivity contribution in [3.8, 4) is 11.5 Å². The van der Waals surface area contributed by atoms with Crippen LogP contribution >= 0.6 is 0 Å². The number of aliphatic hydroxyl groups is 1. The minimum Gasteiger partial charge on any atom is -0.508 e. The first-order valence-electron chi connectivity index (χ1n) is 4.45. The van der Waals surface area contributed by atoms with Crippen LogP contribution in [0.3, 0.4) is 0 Å². The molecule has 0 bridgehead atoms. The highest BCUT2D eigenvalue weighted by Crippen LogP contribution is 2.33. The molecule has 0 radical (unpaired) electrons. The van der Waals surface area contributed by atoms with Crippen LogP contribution in [0.5, 0.6) is 11.5 Å². The fourth-order valence-corrected chi connectivity index (χ4v) is 1.30. The number of benzene rings is 1. The third-order valence-electron chi connectivity index (χ3n) is 2.27. The summed E-state index contributed by atoms with van der Waals surface area (Å²) in [6, 6.07) is 2.65. The third-order valence-corrected chi connectivity index (χ3v) is 2.27. The van der Waals surface area contributed by atoms with Gasteiger partial charge in [-0.3, -0.25) is 0 Å². The number of phenols is 2. The molecule has 1 aromatic carbocycles. The van der Waals surface area contributed by atoms with Crippen LogP contribution in [0.1, 0.15) is 23.6 Å². The summed E-state index contributed by atoms with van der Waals surface area (Å²) in [7, 11) is 0. The molecule has 4 nitrogen and oxygen atoms in total. The van der Waals surface area contributed by atoms with E-state index in [4.69, 9.17) is 10.8 Å². The lowest BCUT2D eigenvalue weighted by atomic mass is 10.0. The maximum Gasteiger partial charge on any atom is 0.126 e. The molecule has 1 rings (SSSR count). The maximum atomic E-state index is 9.65. The van der Waals surface area contributed by atoms with Gasteiger partial charge in [0, 0.05) is 23.8 Å². The van der Waals surface area contributed by atoms with Gasteiger partial charge in [0.15, 0.2) is 0 Å². The Hall–Kier alpha value is -1.26. The average Bonchev–Trinajstić information content (AvgIpc) is 2.15. The molecule has 0 fully saturated rings. The number of aliphatic hydroxyl groups excluding tert-OH is 1. The molecular formula is C10H15NO3. The van der Waals surface area contributed by atoms with Gasteiger partial charge in [-0.25, -0.2) is 0 Å². The summed E-state index contributed by atoms with van der Waals surface area (Å²) in [4.78, 5) is 0. The van der Waals surface area contributed by atoms with Gasteiger partial charge in [0.1, 0.15) is 11.5 Å². The standard InChI is InChI=1S/C10H15NO3/c1-6-9(13)3-2-7(10(6)14)8(11)4-5-12/h2-3,8,12-14H,4-5,11H2,1H3/t8-/m1/s1. The largest absolute Gasteiger partial charge is 0.508 e. The predicted octanol–water partition coefficient (Wildman–Crippen LogP) is 0.788. The van der Waals surface area contributed by atoms with Gasteiger partial charge in [-0.05, 0) is 19.4 Å². The van der Waals surface area contributed by atoms with Gasteiger partial charge in [-0.2, -0.15) is 0 Å². The van der Waals surface area contributed by atoms with E-state index < -0.39 is 6.04 Å². The van der Waals surface area contributed by atoms with Crippen LogP contribution in [0.25, 0.3) is 0 Å². The van der Waals surface area contributed by atoms with E-state index in [1.165, 1.54) is 6.07 Å². The van der Waals surface area contributed by atoms with Crippen LogP contribution < -0.4 is 5.73 Å². The molecule has 0 aliphatic carbocycles. The third kappa shape index (κ3) is 1.97. The van der Waals surface area contributed by atoms with Crippen molar-refractivity contribution in [2.75, 3.05) is 6.61 Å². The van der Waals surface area contributed by atoms with Gasteiger partial charge in [0.05, 0.1) is 0 Å². The molecule has 78 valence electrons. The van der Waals surface area contributed by atoms with E-state index in [9.17, 15) is 10.2 Å². The number of hydrogen-bond donors (Lipinski definition) is 4. The van der Waals surface area contributed by atoms with Gasteiger partial charge in [0.25, 0.3) is 0 Å². The van der Waals surface area contributed by atoms with Crippen LogP contribution in [0.4, 0.5) is 0 Å². The minimum absolute atomic E-state index is 0.00551. The second-order valence-corrected chi connectivity index (χ2v) is 3.27. The zero-order valence-corrected chi connectivity index (χ0v) is 8.07. The van der Waals surface area contributed by atoms with E-state index in [0.29, 0.717) is 17.5 Å². The molecule has 0 amide bonds. The molecule has 1 aromatic rings. The quantitative estimate of drug-likeness (QED) is 0.577. The second-order valence-electron chi connectivity index (χ2n) is 3.27. The molecule has 0 heterocycles. The van der Waals surface area contributed by atoms with E-state index in [-0.39, 0.29) is 18.1 Å². The summed E-state index contributed by atoms with van der Waals surface area (Å²) < 4.78 is 0. The topological polar surface area (TPSA) is 86.7 Å². The van der Waals surface area contributed by atoms with Gasteiger partial charge in [-0.1, -0.05) is 6.07 Å². The molecule has 0 aliphatic heterocycles. The number of hydrogen-bond acceptors (Lipinski definition) is 4. The van der Waals surface area contributed by atoms with Crippen molar-refractivity contribution in [3.63, 3.8) is 0 Å². The monoisotopic (exact) mass is 197 g/mol. The van der Waals surface area contributed by atoms with Gasteiger partial charge >= 0.3 is 0 Å². The van der Waals surface area contributed by atoms with Crippen molar-refractivity contribution >= 4 is 0 Å². The fraction of sp³-hybridized carbons (Fsp3) is 0.400. The number of aromatic hydroxyl groups is 2. The van der Waals surface area contributed by atoms with Gasteiger partial charge in [-0.15, -0.1) is 0 Å². The molecule has 1 atom stereocenters. The molecule has 14 heavy (non-hydrogen) atoms. The van der Waals surface area contributed by atoms with E-state index in [1.807, 2.05) is 0 Å². The molecule has 5 N–H and O–H groups in total. The number of nitrogens with two attached hydrogens (primary N) is 1. The highest BCUT2D eigenvalue weighted by molar-refractivity contribution is 5.48. The van der Waals surface area contributed by atoms with E-state index >= 15 is 0 Å². The highest BCUT2D eigenvalue weighted by atomic mass is 16.3. The number of phenolic OH excluding ortho intramolecular Hbond substituents is 2. The van der Waals surface area contributed by atoms with Gasteiger partial charge < -0.3 is 21.1 Å². The van der Waals surface area contributed by atoms with Crippen molar-refractivity contribution in [1.82, 2.24) is 0 Å². The smallest absolute Gasteiger partial charge is 0.126 e. The van der Waals surface area contributed by atoms with Crippen molar-refractivity contribution in [2.45, 2.75) is 19.4 Å². The first-order valence-corrected chi connectivity index (χ1v) is 4.45. The molecule has 0 unspecified atom stereocenters. The Bertz CT molecular complexity index is 325. The lowest BCUT2D eigenvalue weighted by Crippen LogP contribution is -2.12. The molecule has 0 aliphatic rings. The van der Waals surface area contributed by atoms with Crippen LogP contribution in [0, 0.1) is 6.92 Å². The summed E-state index contributed by atoms with van der Waals surface area (Å²) in [5.41, 5.74) is 6.69. The normalized spacial score (nSPS) is 12.8. The Labute approximate surface area is 82.6 Å². The average molecular weight is 197 g/mol.